The average Bonchev–Trinajstić information content (AvgIpc) is 3.36. The number of hydrogen-bond acceptors (Lipinski definition) is 4. The lowest BCUT2D eigenvalue weighted by Gasteiger charge is -2.26. The van der Waals surface area contributed by atoms with E-state index in [0.29, 0.717) is 12.6 Å². The number of benzene rings is 4. The predicted molar refractivity (Wildman–Crippen MR) is 156 cm³/mol. The van der Waals surface area contributed by atoms with E-state index in [1.165, 1.54) is 19.3 Å². The van der Waals surface area contributed by atoms with Crippen molar-refractivity contribution in [2.45, 2.75) is 51.7 Å². The molecule has 6 heteroatoms. The van der Waals surface area contributed by atoms with Crippen LogP contribution >= 0.6 is 0 Å². The van der Waals surface area contributed by atoms with Crippen LogP contribution in [-0.2, 0) is 6.61 Å². The summed E-state index contributed by atoms with van der Waals surface area (Å²) in [5, 5.41) is 9.52. The fourth-order valence-electron chi connectivity index (χ4n) is 5.56. The maximum atomic E-state index is 11.6. The Balaban J connectivity index is 1.24. The van der Waals surface area contributed by atoms with Gasteiger partial charge in [-0.05, 0) is 91.6 Å². The zero-order valence-corrected chi connectivity index (χ0v) is 22.5. The highest BCUT2D eigenvalue weighted by molar-refractivity contribution is 5.93. The molecule has 0 amide bonds. The minimum atomic E-state index is -0.941. The molecule has 0 atom stereocenters. The van der Waals surface area contributed by atoms with Crippen molar-refractivity contribution in [1.29, 1.82) is 0 Å². The molecule has 0 saturated heterocycles. The van der Waals surface area contributed by atoms with Gasteiger partial charge in [0, 0.05) is 11.6 Å². The fourth-order valence-corrected chi connectivity index (χ4v) is 5.56. The van der Waals surface area contributed by atoms with Crippen LogP contribution in [-0.4, -0.2) is 20.6 Å². The Hall–Kier alpha value is -4.58. The molecule has 1 aliphatic rings. The second-order valence-corrected chi connectivity index (χ2v) is 10.4. The number of aromatic carboxylic acids is 1. The third kappa shape index (κ3) is 5.43. The summed E-state index contributed by atoms with van der Waals surface area (Å²) in [6.45, 7) is 2.58. The number of hydrogen-bond donors (Lipinski definition) is 1. The Morgan fingerprint density at radius 2 is 1.60 bits per heavy atom. The van der Waals surface area contributed by atoms with Gasteiger partial charge in [0.15, 0.2) is 0 Å². The summed E-state index contributed by atoms with van der Waals surface area (Å²) in [4.78, 5) is 16.6. The lowest BCUT2D eigenvalue weighted by Crippen LogP contribution is -2.14. The number of aromatic nitrogens is 2. The SMILES string of the molecule is Cc1cc(Oc2ccc(OCc3ccccc3)cc2)ccc1-c1nc2cc(C(=O)O)ccc2n1C1CCCCC1. The second-order valence-electron chi connectivity index (χ2n) is 10.4. The van der Waals surface area contributed by atoms with Crippen molar-refractivity contribution in [3.63, 3.8) is 0 Å². The molecule has 1 fully saturated rings. The number of rotatable bonds is 8. The van der Waals surface area contributed by atoms with E-state index in [1.54, 1.807) is 12.1 Å². The van der Waals surface area contributed by atoms with Crippen molar-refractivity contribution in [2.24, 2.45) is 0 Å². The summed E-state index contributed by atoms with van der Waals surface area (Å²) in [7, 11) is 0. The van der Waals surface area contributed by atoms with E-state index >= 15 is 0 Å². The standard InChI is InChI=1S/C34H32N2O4/c1-23-20-29(40-28-15-13-27(14-16-28)39-22-24-8-4-2-5-9-24)17-18-30(23)33-35-31-21-25(34(37)38)12-19-32(31)36(33)26-10-6-3-7-11-26/h2,4-5,8-9,12-21,26H,3,6-7,10-11,22H2,1H3,(H,37,38). The van der Waals surface area contributed by atoms with Crippen molar-refractivity contribution in [2.75, 3.05) is 0 Å². The van der Waals surface area contributed by atoms with Crippen LogP contribution in [0.15, 0.2) is 91.0 Å². The number of carboxylic acids is 1. The third-order valence-corrected chi connectivity index (χ3v) is 7.62. The lowest BCUT2D eigenvalue weighted by atomic mass is 9.94. The molecule has 0 unspecified atom stereocenters. The molecule has 1 saturated carbocycles. The molecule has 0 spiro atoms. The van der Waals surface area contributed by atoms with Crippen LogP contribution < -0.4 is 9.47 Å². The minimum absolute atomic E-state index is 0.254. The number of ether oxygens (including phenoxy) is 2. The number of carbonyl (C=O) groups is 1. The highest BCUT2D eigenvalue weighted by Crippen LogP contribution is 2.38. The lowest BCUT2D eigenvalue weighted by molar-refractivity contribution is 0.0697. The molecular weight excluding hydrogens is 500 g/mol. The van der Waals surface area contributed by atoms with Gasteiger partial charge in [-0.1, -0.05) is 49.6 Å². The van der Waals surface area contributed by atoms with E-state index in [2.05, 4.69) is 17.6 Å². The van der Waals surface area contributed by atoms with Gasteiger partial charge in [0.05, 0.1) is 16.6 Å². The van der Waals surface area contributed by atoms with Crippen LogP contribution in [0.5, 0.6) is 17.2 Å². The largest absolute Gasteiger partial charge is 0.489 e. The first-order valence-corrected chi connectivity index (χ1v) is 13.9. The summed E-state index contributed by atoms with van der Waals surface area (Å²) in [5.41, 5.74) is 5.15. The van der Waals surface area contributed by atoms with Crippen LogP contribution in [0.3, 0.4) is 0 Å². The highest BCUT2D eigenvalue weighted by atomic mass is 16.5. The van der Waals surface area contributed by atoms with Crippen molar-refractivity contribution in [3.8, 4) is 28.6 Å². The Bertz CT molecular complexity index is 1630. The van der Waals surface area contributed by atoms with Gasteiger partial charge in [0.2, 0.25) is 0 Å². The van der Waals surface area contributed by atoms with Crippen LogP contribution in [0.1, 0.15) is 59.6 Å². The third-order valence-electron chi connectivity index (χ3n) is 7.62. The first-order chi connectivity index (χ1) is 19.5. The fraction of sp³-hybridized carbons (Fsp3) is 0.235. The summed E-state index contributed by atoms with van der Waals surface area (Å²) in [5.74, 6) is 2.20. The first kappa shape index (κ1) is 25.7. The minimum Gasteiger partial charge on any atom is -0.489 e. The molecule has 1 heterocycles. The normalized spacial score (nSPS) is 13.8. The average molecular weight is 533 g/mol. The number of imidazole rings is 1. The number of nitrogens with zero attached hydrogens (tertiary/aromatic N) is 2. The zero-order chi connectivity index (χ0) is 27.5. The molecular formula is C34H32N2O4. The van der Waals surface area contributed by atoms with E-state index in [9.17, 15) is 9.90 Å². The zero-order valence-electron chi connectivity index (χ0n) is 22.5. The van der Waals surface area contributed by atoms with Gasteiger partial charge in [0.1, 0.15) is 29.7 Å². The maximum Gasteiger partial charge on any atom is 0.335 e. The molecule has 1 aromatic heterocycles. The molecule has 0 bridgehead atoms. The molecule has 5 aromatic rings. The van der Waals surface area contributed by atoms with Crippen molar-refractivity contribution in [1.82, 2.24) is 9.55 Å². The van der Waals surface area contributed by atoms with Crippen LogP contribution in [0.2, 0.25) is 0 Å². The number of fused-ring (bicyclic) bond motifs is 1. The summed E-state index contributed by atoms with van der Waals surface area (Å²) < 4.78 is 14.4. The Kier molecular flexibility index (Phi) is 7.23. The van der Waals surface area contributed by atoms with Gasteiger partial charge in [-0.15, -0.1) is 0 Å². The molecule has 0 aliphatic heterocycles. The van der Waals surface area contributed by atoms with E-state index in [-0.39, 0.29) is 5.56 Å². The van der Waals surface area contributed by atoms with Crippen LogP contribution in [0.25, 0.3) is 22.4 Å². The van der Waals surface area contributed by atoms with E-state index in [0.717, 1.165) is 63.6 Å². The van der Waals surface area contributed by atoms with Gasteiger partial charge >= 0.3 is 5.97 Å². The van der Waals surface area contributed by atoms with E-state index in [4.69, 9.17) is 14.5 Å². The van der Waals surface area contributed by atoms with Crippen LogP contribution in [0, 0.1) is 6.92 Å². The van der Waals surface area contributed by atoms with Gasteiger partial charge in [-0.25, -0.2) is 9.78 Å². The topological polar surface area (TPSA) is 73.6 Å². The molecule has 4 aromatic carbocycles. The maximum absolute atomic E-state index is 11.6. The molecule has 1 aliphatic carbocycles. The first-order valence-electron chi connectivity index (χ1n) is 13.9. The molecule has 1 N–H and O–H groups in total. The van der Waals surface area contributed by atoms with Gasteiger partial charge in [-0.3, -0.25) is 0 Å². The monoisotopic (exact) mass is 532 g/mol. The van der Waals surface area contributed by atoms with Gasteiger partial charge < -0.3 is 19.1 Å². The summed E-state index contributed by atoms with van der Waals surface area (Å²) in [6.07, 6.45) is 5.85. The van der Waals surface area contributed by atoms with Crippen molar-refractivity contribution < 1.29 is 19.4 Å². The number of aryl methyl sites for hydroxylation is 1. The van der Waals surface area contributed by atoms with Crippen molar-refractivity contribution in [3.05, 3.63) is 108 Å². The van der Waals surface area contributed by atoms with Crippen LogP contribution in [0.4, 0.5) is 0 Å². The quantitative estimate of drug-likeness (QED) is 0.217. The molecule has 202 valence electrons. The Morgan fingerprint density at radius 3 is 2.33 bits per heavy atom. The van der Waals surface area contributed by atoms with E-state index < -0.39 is 5.97 Å². The molecule has 0 radical (unpaired) electrons. The number of carboxylic acid groups (broad SMARTS) is 1. The summed E-state index contributed by atoms with van der Waals surface area (Å²) >= 11 is 0. The smallest absolute Gasteiger partial charge is 0.335 e. The summed E-state index contributed by atoms with van der Waals surface area (Å²) in [6, 6.07) is 29.4. The molecule has 6 nitrogen and oxygen atoms in total. The predicted octanol–water partition coefficient (Wildman–Crippen LogP) is 8.59. The Labute approximate surface area is 233 Å². The molecule has 40 heavy (non-hydrogen) atoms. The van der Waals surface area contributed by atoms with Gasteiger partial charge in [0.25, 0.3) is 0 Å². The van der Waals surface area contributed by atoms with Crippen molar-refractivity contribution >= 4 is 17.0 Å². The second kappa shape index (κ2) is 11.3. The Morgan fingerprint density at radius 1 is 0.875 bits per heavy atom. The van der Waals surface area contributed by atoms with E-state index in [1.807, 2.05) is 72.8 Å². The van der Waals surface area contributed by atoms with Gasteiger partial charge in [-0.2, -0.15) is 0 Å². The highest BCUT2D eigenvalue weighted by Gasteiger charge is 2.24. The molecule has 6 rings (SSSR count).